The first-order valence-electron chi connectivity index (χ1n) is 4.56. The van der Waals surface area contributed by atoms with Gasteiger partial charge in [0.2, 0.25) is 0 Å². The fraction of sp³-hybridized carbons (Fsp3) is 0.0909. The van der Waals surface area contributed by atoms with E-state index in [1.807, 2.05) is 6.07 Å². The summed E-state index contributed by atoms with van der Waals surface area (Å²) >= 11 is 0. The highest BCUT2D eigenvalue weighted by Crippen LogP contribution is 2.23. The molecule has 0 aliphatic rings. The number of ether oxygens (including phenoxy) is 1. The Morgan fingerprint density at radius 2 is 1.71 bits per heavy atom. The molecule has 0 aliphatic heterocycles. The Hall–Kier alpha value is -1.30. The molecule has 0 heterocycles. The van der Waals surface area contributed by atoms with Crippen molar-refractivity contribution in [1.29, 1.82) is 0 Å². The van der Waals surface area contributed by atoms with E-state index in [0.29, 0.717) is 11.1 Å². The largest absolute Gasteiger partial charge is 0.497 e. The highest BCUT2D eigenvalue weighted by Gasteiger charge is 2.09. The third kappa shape index (κ3) is 2.88. The molecule has 1 N–H and O–H groups in total. The predicted octanol–water partition coefficient (Wildman–Crippen LogP) is 2.52. The number of rotatable bonds is 2. The van der Waals surface area contributed by atoms with Gasteiger partial charge in [0.25, 0.3) is 10.1 Å². The van der Waals surface area contributed by atoms with Crippen LogP contribution in [0.3, 0.4) is 0 Å². The Balaban J connectivity index is 0.00000144. The average Bonchev–Trinajstić information content (AvgIpc) is 2.26. The summed E-state index contributed by atoms with van der Waals surface area (Å²) in [7, 11) is -2.62. The van der Waals surface area contributed by atoms with Gasteiger partial charge in [-0.1, -0.05) is 12.1 Å². The Bertz CT molecular complexity index is 637. The minimum atomic E-state index is -4.15. The first-order valence-corrected chi connectivity index (χ1v) is 6.00. The standard InChI is InChI=1S/C11H10O4S.ClH/c1-15-10-4-2-8-3-5-11(16(12,13)14)7-9(8)6-10;/h2-7H,1H3,(H,12,13,14);1H. The summed E-state index contributed by atoms with van der Waals surface area (Å²) in [5.41, 5.74) is 0. The number of benzene rings is 2. The lowest BCUT2D eigenvalue weighted by atomic mass is 10.1. The maximum Gasteiger partial charge on any atom is 0.294 e. The van der Waals surface area contributed by atoms with Crippen molar-refractivity contribution in [2.45, 2.75) is 4.90 Å². The van der Waals surface area contributed by atoms with Gasteiger partial charge in [-0.05, 0) is 35.0 Å². The molecular weight excluding hydrogens is 264 g/mol. The molecule has 0 bridgehead atoms. The summed E-state index contributed by atoms with van der Waals surface area (Å²) in [5.74, 6) is 0.639. The molecule has 0 fully saturated rings. The topological polar surface area (TPSA) is 63.6 Å². The van der Waals surface area contributed by atoms with Crippen molar-refractivity contribution < 1.29 is 17.7 Å². The molecule has 6 heteroatoms. The second-order valence-corrected chi connectivity index (χ2v) is 4.77. The molecule has 4 nitrogen and oxygen atoms in total. The van der Waals surface area contributed by atoms with Gasteiger partial charge in [0.15, 0.2) is 0 Å². The average molecular weight is 275 g/mol. The van der Waals surface area contributed by atoms with Gasteiger partial charge >= 0.3 is 0 Å². The second-order valence-electron chi connectivity index (χ2n) is 3.35. The summed E-state index contributed by atoms with van der Waals surface area (Å²) in [6.45, 7) is 0. The van der Waals surface area contributed by atoms with Gasteiger partial charge in [0.05, 0.1) is 12.0 Å². The molecule has 0 atom stereocenters. The maximum absolute atomic E-state index is 11.0. The molecule has 92 valence electrons. The van der Waals surface area contributed by atoms with E-state index in [4.69, 9.17) is 9.29 Å². The van der Waals surface area contributed by atoms with Gasteiger partial charge in [-0.25, -0.2) is 0 Å². The monoisotopic (exact) mass is 274 g/mol. The number of fused-ring (bicyclic) bond motifs is 1. The van der Waals surface area contributed by atoms with Crippen LogP contribution in [0.25, 0.3) is 10.8 Å². The van der Waals surface area contributed by atoms with Crippen molar-refractivity contribution in [3.63, 3.8) is 0 Å². The molecule has 0 aromatic heterocycles. The summed E-state index contributed by atoms with van der Waals surface area (Å²) in [6.07, 6.45) is 0. The van der Waals surface area contributed by atoms with Crippen LogP contribution in [0.1, 0.15) is 0 Å². The lowest BCUT2D eigenvalue weighted by Gasteiger charge is -2.03. The van der Waals surface area contributed by atoms with Crippen LogP contribution < -0.4 is 4.74 Å². The summed E-state index contributed by atoms with van der Waals surface area (Å²) < 4.78 is 35.9. The van der Waals surface area contributed by atoms with Crippen molar-refractivity contribution in [2.75, 3.05) is 7.11 Å². The summed E-state index contributed by atoms with van der Waals surface area (Å²) in [4.78, 5) is -0.117. The number of halogens is 1. The highest BCUT2D eigenvalue weighted by atomic mass is 35.5. The first-order chi connectivity index (χ1) is 7.50. The molecule has 0 saturated heterocycles. The lowest BCUT2D eigenvalue weighted by molar-refractivity contribution is 0.415. The molecule has 0 spiro atoms. The van der Waals surface area contributed by atoms with Crippen molar-refractivity contribution in [1.82, 2.24) is 0 Å². The maximum atomic E-state index is 11.0. The van der Waals surface area contributed by atoms with E-state index in [1.165, 1.54) is 19.2 Å². The third-order valence-electron chi connectivity index (χ3n) is 2.32. The fourth-order valence-electron chi connectivity index (χ4n) is 1.49. The van der Waals surface area contributed by atoms with Crippen LogP contribution in [0.15, 0.2) is 41.3 Å². The van der Waals surface area contributed by atoms with E-state index in [0.717, 1.165) is 5.39 Å². The molecule has 0 aliphatic carbocycles. The van der Waals surface area contributed by atoms with Gasteiger partial charge < -0.3 is 4.74 Å². The third-order valence-corrected chi connectivity index (χ3v) is 3.17. The minimum Gasteiger partial charge on any atom is -0.497 e. The molecule has 0 amide bonds. The van der Waals surface area contributed by atoms with Crippen LogP contribution in [0.4, 0.5) is 0 Å². The van der Waals surface area contributed by atoms with Gasteiger partial charge in [-0.2, -0.15) is 8.42 Å². The van der Waals surface area contributed by atoms with Crippen molar-refractivity contribution in [2.24, 2.45) is 0 Å². The van der Waals surface area contributed by atoms with E-state index >= 15 is 0 Å². The normalized spacial score (nSPS) is 10.9. The van der Waals surface area contributed by atoms with Gasteiger partial charge in [-0.15, -0.1) is 12.4 Å². The highest BCUT2D eigenvalue weighted by molar-refractivity contribution is 7.85. The zero-order chi connectivity index (χ0) is 11.8. The van der Waals surface area contributed by atoms with Crippen LogP contribution in [0, 0.1) is 0 Å². The molecule has 2 rings (SSSR count). The smallest absolute Gasteiger partial charge is 0.294 e. The molecule has 2 aromatic carbocycles. The van der Waals surface area contributed by atoms with Crippen LogP contribution in [0.2, 0.25) is 0 Å². The molecular formula is C11H11ClO4S. The van der Waals surface area contributed by atoms with Crippen LogP contribution in [0.5, 0.6) is 5.75 Å². The Labute approximate surface area is 105 Å². The number of hydrogen-bond acceptors (Lipinski definition) is 3. The van der Waals surface area contributed by atoms with E-state index in [-0.39, 0.29) is 17.3 Å². The quantitative estimate of drug-likeness (QED) is 0.855. The minimum absolute atomic E-state index is 0. The Kier molecular flexibility index (Phi) is 3.98. The molecule has 0 unspecified atom stereocenters. The zero-order valence-corrected chi connectivity index (χ0v) is 10.6. The summed E-state index contributed by atoms with van der Waals surface area (Å²) in [6, 6.07) is 9.73. The fourth-order valence-corrected chi connectivity index (χ4v) is 2.01. The van der Waals surface area contributed by atoms with Crippen LogP contribution in [-0.2, 0) is 10.1 Å². The lowest BCUT2D eigenvalue weighted by Crippen LogP contribution is -1.97. The van der Waals surface area contributed by atoms with E-state index in [2.05, 4.69) is 0 Å². The van der Waals surface area contributed by atoms with Crippen LogP contribution in [-0.4, -0.2) is 20.1 Å². The van der Waals surface area contributed by atoms with E-state index in [1.54, 1.807) is 18.2 Å². The van der Waals surface area contributed by atoms with Crippen molar-refractivity contribution >= 4 is 33.3 Å². The molecule has 0 saturated carbocycles. The van der Waals surface area contributed by atoms with Gasteiger partial charge in [0, 0.05) is 0 Å². The molecule has 2 aromatic rings. The second kappa shape index (κ2) is 4.91. The van der Waals surface area contributed by atoms with E-state index < -0.39 is 10.1 Å². The SMILES string of the molecule is COc1ccc2ccc(S(=O)(=O)O)cc2c1.Cl. The van der Waals surface area contributed by atoms with Crippen molar-refractivity contribution in [3.05, 3.63) is 36.4 Å². The predicted molar refractivity (Wildman–Crippen MR) is 67.6 cm³/mol. The van der Waals surface area contributed by atoms with E-state index in [9.17, 15) is 8.42 Å². The zero-order valence-electron chi connectivity index (χ0n) is 8.95. The first kappa shape index (κ1) is 13.8. The molecule has 0 radical (unpaired) electrons. The summed E-state index contributed by atoms with van der Waals surface area (Å²) in [5, 5.41) is 1.59. The number of methoxy groups -OCH3 is 1. The Morgan fingerprint density at radius 3 is 2.29 bits per heavy atom. The Morgan fingerprint density at radius 1 is 1.06 bits per heavy atom. The molecule has 17 heavy (non-hydrogen) atoms. The van der Waals surface area contributed by atoms with Crippen LogP contribution >= 0.6 is 12.4 Å². The van der Waals surface area contributed by atoms with Gasteiger partial charge in [-0.3, -0.25) is 4.55 Å². The number of hydrogen-bond donors (Lipinski definition) is 1. The van der Waals surface area contributed by atoms with Crippen molar-refractivity contribution in [3.8, 4) is 5.75 Å². The van der Waals surface area contributed by atoms with Gasteiger partial charge in [0.1, 0.15) is 5.75 Å².